The van der Waals surface area contributed by atoms with E-state index < -0.39 is 36.3 Å². The number of rotatable bonds is 4. The Bertz CT molecular complexity index is 836. The van der Waals surface area contributed by atoms with E-state index in [0.717, 1.165) is 24.3 Å². The van der Waals surface area contributed by atoms with E-state index in [1.807, 2.05) is 0 Å². The van der Waals surface area contributed by atoms with Crippen LogP contribution in [0.25, 0.3) is 0 Å². The van der Waals surface area contributed by atoms with Gasteiger partial charge in [-0.15, -0.1) is 0 Å². The molecule has 1 atom stereocenters. The van der Waals surface area contributed by atoms with Crippen LogP contribution in [-0.4, -0.2) is 31.2 Å². The van der Waals surface area contributed by atoms with E-state index >= 15 is 0 Å². The number of benzene rings is 2. The van der Waals surface area contributed by atoms with E-state index in [4.69, 9.17) is 14.2 Å². The van der Waals surface area contributed by atoms with Crippen molar-refractivity contribution in [2.75, 3.05) is 18.5 Å². The first-order chi connectivity index (χ1) is 12.8. The van der Waals surface area contributed by atoms with Crippen LogP contribution in [0.1, 0.15) is 5.56 Å². The van der Waals surface area contributed by atoms with Crippen molar-refractivity contribution in [2.24, 2.45) is 0 Å². The highest BCUT2D eigenvalue weighted by molar-refractivity contribution is 5.93. The number of hydrogen-bond acceptors (Lipinski definition) is 5. The molecule has 0 unspecified atom stereocenters. The van der Waals surface area contributed by atoms with Gasteiger partial charge in [0.25, 0.3) is 5.91 Å². The molecule has 3 rings (SSSR count). The zero-order chi connectivity index (χ0) is 19.4. The van der Waals surface area contributed by atoms with Gasteiger partial charge in [0.05, 0.1) is 5.56 Å². The van der Waals surface area contributed by atoms with Gasteiger partial charge in [-0.25, -0.2) is 4.79 Å². The molecule has 1 amide bonds. The van der Waals surface area contributed by atoms with Gasteiger partial charge in [-0.1, -0.05) is 12.1 Å². The van der Waals surface area contributed by atoms with Crippen LogP contribution < -0.4 is 14.8 Å². The van der Waals surface area contributed by atoms with Gasteiger partial charge >= 0.3 is 12.1 Å². The van der Waals surface area contributed by atoms with Gasteiger partial charge in [0, 0.05) is 5.69 Å². The number of carbonyl (C=O) groups excluding carboxylic acids is 2. The second-order valence-corrected chi connectivity index (χ2v) is 5.60. The van der Waals surface area contributed by atoms with Crippen LogP contribution >= 0.6 is 0 Å². The topological polar surface area (TPSA) is 73.9 Å². The molecular weight excluding hydrogens is 367 g/mol. The summed E-state index contributed by atoms with van der Waals surface area (Å²) in [7, 11) is 0. The molecule has 0 saturated heterocycles. The second kappa shape index (κ2) is 7.56. The van der Waals surface area contributed by atoms with E-state index in [1.165, 1.54) is 0 Å². The lowest BCUT2D eigenvalue weighted by Crippen LogP contribution is -2.39. The Balaban J connectivity index is 1.48. The zero-order valence-electron chi connectivity index (χ0n) is 13.8. The van der Waals surface area contributed by atoms with Crippen LogP contribution in [0.2, 0.25) is 0 Å². The molecule has 6 nitrogen and oxygen atoms in total. The minimum Gasteiger partial charge on any atom is -0.485 e. The van der Waals surface area contributed by atoms with Crippen LogP contribution in [0.3, 0.4) is 0 Å². The van der Waals surface area contributed by atoms with Crippen molar-refractivity contribution in [1.82, 2.24) is 0 Å². The van der Waals surface area contributed by atoms with Crippen LogP contribution in [0.5, 0.6) is 11.5 Å². The molecule has 0 radical (unpaired) electrons. The summed E-state index contributed by atoms with van der Waals surface area (Å²) in [6.07, 6.45) is -5.47. The molecule has 2 aromatic rings. The minimum atomic E-state index is -4.46. The summed E-state index contributed by atoms with van der Waals surface area (Å²) in [4.78, 5) is 23.8. The van der Waals surface area contributed by atoms with Gasteiger partial charge in [-0.2, -0.15) is 13.2 Å². The Kier molecular flexibility index (Phi) is 5.20. The fourth-order valence-corrected chi connectivity index (χ4v) is 2.30. The van der Waals surface area contributed by atoms with E-state index in [0.29, 0.717) is 11.5 Å². The SMILES string of the molecule is O=C(COC(=O)[C@H]1COc2ccccc2O1)Nc1ccc(C(F)(F)F)cc1. The number of fused-ring (bicyclic) bond motifs is 1. The van der Waals surface area contributed by atoms with Gasteiger partial charge in [0.1, 0.15) is 6.61 Å². The Morgan fingerprint density at radius 3 is 2.41 bits per heavy atom. The van der Waals surface area contributed by atoms with E-state index in [1.54, 1.807) is 24.3 Å². The van der Waals surface area contributed by atoms with Crippen LogP contribution in [-0.2, 0) is 20.5 Å². The summed E-state index contributed by atoms with van der Waals surface area (Å²) >= 11 is 0. The molecule has 1 N–H and O–H groups in total. The maximum absolute atomic E-state index is 12.5. The average molecular weight is 381 g/mol. The standard InChI is InChI=1S/C18H14F3NO5/c19-18(20,21)11-5-7-12(8-6-11)22-16(23)10-26-17(24)15-9-25-13-3-1-2-4-14(13)27-15/h1-8,15H,9-10H2,(H,22,23)/t15-/m1/s1. The number of amides is 1. The molecule has 0 aliphatic carbocycles. The smallest absolute Gasteiger partial charge is 0.416 e. The maximum atomic E-state index is 12.5. The number of nitrogens with one attached hydrogen (secondary N) is 1. The fraction of sp³-hybridized carbons (Fsp3) is 0.222. The van der Waals surface area contributed by atoms with Gasteiger partial charge in [-0.05, 0) is 36.4 Å². The Labute approximate surface area is 151 Å². The molecule has 9 heteroatoms. The number of halogens is 3. The average Bonchev–Trinajstić information content (AvgIpc) is 2.65. The third kappa shape index (κ3) is 4.69. The molecule has 0 saturated carbocycles. The molecule has 0 fully saturated rings. The molecule has 2 aromatic carbocycles. The quantitative estimate of drug-likeness (QED) is 0.825. The third-order valence-corrected chi connectivity index (χ3v) is 3.61. The number of ether oxygens (including phenoxy) is 3. The molecule has 1 aliphatic heterocycles. The van der Waals surface area contributed by atoms with E-state index in [9.17, 15) is 22.8 Å². The van der Waals surface area contributed by atoms with Crippen molar-refractivity contribution in [2.45, 2.75) is 12.3 Å². The second-order valence-electron chi connectivity index (χ2n) is 5.60. The molecule has 1 heterocycles. The molecular formula is C18H14F3NO5. The monoisotopic (exact) mass is 381 g/mol. The Morgan fingerprint density at radius 1 is 1.07 bits per heavy atom. The van der Waals surface area contributed by atoms with Crippen molar-refractivity contribution < 1.29 is 37.0 Å². The summed E-state index contributed by atoms with van der Waals surface area (Å²) in [5, 5.41) is 2.34. The van der Waals surface area contributed by atoms with Gasteiger partial charge < -0.3 is 19.5 Å². The Morgan fingerprint density at radius 2 is 1.74 bits per heavy atom. The van der Waals surface area contributed by atoms with Crippen molar-refractivity contribution in [3.8, 4) is 11.5 Å². The molecule has 27 heavy (non-hydrogen) atoms. The fourth-order valence-electron chi connectivity index (χ4n) is 2.30. The zero-order valence-corrected chi connectivity index (χ0v) is 13.8. The van der Waals surface area contributed by atoms with Crippen molar-refractivity contribution >= 4 is 17.6 Å². The number of para-hydroxylation sites is 2. The first kappa shape index (κ1) is 18.6. The lowest BCUT2D eigenvalue weighted by Gasteiger charge is -2.24. The highest BCUT2D eigenvalue weighted by Crippen LogP contribution is 2.31. The van der Waals surface area contributed by atoms with Crippen LogP contribution in [0.4, 0.5) is 18.9 Å². The highest BCUT2D eigenvalue weighted by Gasteiger charge is 2.30. The van der Waals surface area contributed by atoms with Gasteiger partial charge in [0.15, 0.2) is 18.1 Å². The Hall–Kier alpha value is -3.23. The summed E-state index contributed by atoms with van der Waals surface area (Å²) in [5.41, 5.74) is -0.683. The van der Waals surface area contributed by atoms with Crippen molar-refractivity contribution in [3.05, 3.63) is 54.1 Å². The number of esters is 1. The van der Waals surface area contributed by atoms with Gasteiger partial charge in [-0.3, -0.25) is 4.79 Å². The molecule has 0 aromatic heterocycles. The van der Waals surface area contributed by atoms with Crippen LogP contribution in [0, 0.1) is 0 Å². The summed E-state index contributed by atoms with van der Waals surface area (Å²) in [6, 6.07) is 10.7. The van der Waals surface area contributed by atoms with Gasteiger partial charge in [0.2, 0.25) is 6.10 Å². The first-order valence-electron chi connectivity index (χ1n) is 7.85. The van der Waals surface area contributed by atoms with Crippen molar-refractivity contribution in [1.29, 1.82) is 0 Å². The molecule has 0 spiro atoms. The lowest BCUT2D eigenvalue weighted by atomic mass is 10.2. The number of hydrogen-bond donors (Lipinski definition) is 1. The summed E-state index contributed by atoms with van der Waals surface area (Å²) in [6.45, 7) is -0.669. The predicted molar refractivity (Wildman–Crippen MR) is 87.4 cm³/mol. The first-order valence-corrected chi connectivity index (χ1v) is 7.85. The van der Waals surface area contributed by atoms with E-state index in [2.05, 4.69) is 5.32 Å². The third-order valence-electron chi connectivity index (χ3n) is 3.61. The molecule has 0 bridgehead atoms. The number of anilines is 1. The molecule has 142 valence electrons. The van der Waals surface area contributed by atoms with E-state index in [-0.39, 0.29) is 12.3 Å². The van der Waals surface area contributed by atoms with Crippen molar-refractivity contribution in [3.63, 3.8) is 0 Å². The maximum Gasteiger partial charge on any atom is 0.416 e. The normalized spacial score (nSPS) is 15.7. The molecule has 1 aliphatic rings. The minimum absolute atomic E-state index is 0.0592. The summed E-state index contributed by atoms with van der Waals surface area (Å²) < 4.78 is 53.2. The summed E-state index contributed by atoms with van der Waals surface area (Å²) in [5.74, 6) is -0.589. The number of carbonyl (C=O) groups is 2. The highest BCUT2D eigenvalue weighted by atomic mass is 19.4. The number of alkyl halides is 3. The largest absolute Gasteiger partial charge is 0.485 e. The van der Waals surface area contributed by atoms with Crippen LogP contribution in [0.15, 0.2) is 48.5 Å². The lowest BCUT2D eigenvalue weighted by molar-refractivity contribution is -0.156. The predicted octanol–water partition coefficient (Wildman–Crippen LogP) is 3.03.